The third kappa shape index (κ3) is 5.79. The van der Waals surface area contributed by atoms with Crippen molar-refractivity contribution in [3.63, 3.8) is 0 Å². The Bertz CT molecular complexity index is 1310. The number of anilines is 2. The van der Waals surface area contributed by atoms with Gasteiger partial charge in [0.25, 0.3) is 0 Å². The van der Waals surface area contributed by atoms with E-state index in [1.165, 1.54) is 13.8 Å². The molecule has 0 spiro atoms. The number of rotatable bonds is 8. The fourth-order valence-corrected chi connectivity index (χ4v) is 4.81. The number of ether oxygens (including phenoxy) is 1. The Morgan fingerprint density at radius 1 is 1.08 bits per heavy atom. The van der Waals surface area contributed by atoms with Gasteiger partial charge in [-0.05, 0) is 47.1 Å². The Hall–Kier alpha value is -3.16. The molecular formula is C25H32F3N5O5. The van der Waals surface area contributed by atoms with Crippen LogP contribution in [0, 0.1) is 19.8 Å². The van der Waals surface area contributed by atoms with Crippen LogP contribution in [-0.4, -0.2) is 73.5 Å². The largest absolute Gasteiger partial charge is 0.478 e. The third-order valence-electron chi connectivity index (χ3n) is 6.63. The van der Waals surface area contributed by atoms with Gasteiger partial charge in [-0.3, -0.25) is 0 Å². The molecule has 13 heteroatoms. The van der Waals surface area contributed by atoms with E-state index in [0.717, 1.165) is 0 Å². The van der Waals surface area contributed by atoms with E-state index in [0.29, 0.717) is 46.2 Å². The molecule has 3 heterocycles. The van der Waals surface area contributed by atoms with Crippen molar-refractivity contribution in [1.29, 1.82) is 0 Å². The van der Waals surface area contributed by atoms with Crippen LogP contribution in [0.1, 0.15) is 38.6 Å². The summed E-state index contributed by atoms with van der Waals surface area (Å²) in [5.74, 6) is -0.0760. The number of nitrogens with zero attached hydrogens (tertiary/aromatic N) is 3. The highest BCUT2D eigenvalue weighted by molar-refractivity contribution is 5.88. The van der Waals surface area contributed by atoms with Crippen LogP contribution in [0.5, 0.6) is 5.88 Å². The molecule has 1 fully saturated rings. The van der Waals surface area contributed by atoms with E-state index in [9.17, 15) is 28.5 Å². The molecule has 0 radical (unpaired) electrons. The first kappa shape index (κ1) is 27.9. The number of aromatic nitrogens is 3. The van der Waals surface area contributed by atoms with Crippen LogP contribution in [0.25, 0.3) is 22.3 Å². The Morgan fingerprint density at radius 3 is 2.39 bits per heavy atom. The van der Waals surface area contributed by atoms with Gasteiger partial charge in [0.2, 0.25) is 11.8 Å². The lowest BCUT2D eigenvalue weighted by Crippen LogP contribution is -2.40. The van der Waals surface area contributed by atoms with Crippen molar-refractivity contribution in [2.75, 3.05) is 23.8 Å². The van der Waals surface area contributed by atoms with Crippen LogP contribution >= 0.6 is 0 Å². The second-order valence-electron chi connectivity index (χ2n) is 10.1. The molecule has 10 nitrogen and oxygen atoms in total. The molecule has 3 aromatic heterocycles. The van der Waals surface area contributed by atoms with Crippen LogP contribution in [0.4, 0.5) is 24.9 Å². The maximum atomic E-state index is 12.9. The third-order valence-corrected chi connectivity index (χ3v) is 6.63. The number of aliphatic hydroxyl groups excluding tert-OH is 2. The van der Waals surface area contributed by atoms with Gasteiger partial charge in [0.15, 0.2) is 5.58 Å². The van der Waals surface area contributed by atoms with E-state index >= 15 is 0 Å². The number of aliphatic hydroxyl groups is 3. The summed E-state index contributed by atoms with van der Waals surface area (Å²) in [6.45, 7) is 7.37. The molecule has 1 saturated carbocycles. The molecule has 3 aromatic rings. The van der Waals surface area contributed by atoms with Gasteiger partial charge >= 0.3 is 6.18 Å². The summed E-state index contributed by atoms with van der Waals surface area (Å²) < 4.78 is 50.2. The predicted octanol–water partition coefficient (Wildman–Crippen LogP) is 3.57. The molecule has 38 heavy (non-hydrogen) atoms. The molecule has 0 bridgehead atoms. The molecule has 4 atom stereocenters. The molecule has 1 aliphatic carbocycles. The normalized spacial score (nSPS) is 22.2. The van der Waals surface area contributed by atoms with Crippen molar-refractivity contribution in [3.8, 4) is 17.2 Å². The van der Waals surface area contributed by atoms with Gasteiger partial charge in [0.1, 0.15) is 24.2 Å². The zero-order chi connectivity index (χ0) is 28.0. The Labute approximate surface area is 217 Å². The minimum atomic E-state index is -4.49. The summed E-state index contributed by atoms with van der Waals surface area (Å²) in [6.07, 6.45) is -6.80. The van der Waals surface area contributed by atoms with E-state index in [1.54, 1.807) is 26.0 Å². The second-order valence-corrected chi connectivity index (χ2v) is 10.1. The zero-order valence-corrected chi connectivity index (χ0v) is 21.7. The van der Waals surface area contributed by atoms with E-state index in [1.807, 2.05) is 6.92 Å². The molecule has 0 aromatic carbocycles. The van der Waals surface area contributed by atoms with E-state index in [2.05, 4.69) is 25.6 Å². The summed E-state index contributed by atoms with van der Waals surface area (Å²) in [6, 6.07) is 2.68. The van der Waals surface area contributed by atoms with E-state index in [4.69, 9.17) is 9.15 Å². The molecule has 0 aliphatic heterocycles. The highest BCUT2D eigenvalue weighted by atomic mass is 19.4. The Kier molecular flexibility index (Phi) is 7.47. The number of alkyl halides is 3. The monoisotopic (exact) mass is 539 g/mol. The van der Waals surface area contributed by atoms with Crippen LogP contribution in [0.3, 0.4) is 0 Å². The average molecular weight is 540 g/mol. The number of nitrogens with one attached hydrogen (secondary N) is 2. The smallest absolute Gasteiger partial charge is 0.405 e. The second kappa shape index (κ2) is 10.2. The number of hydrogen-bond donors (Lipinski definition) is 5. The van der Waals surface area contributed by atoms with E-state index < -0.39 is 42.5 Å². The maximum absolute atomic E-state index is 12.9. The number of halogens is 3. The molecule has 0 saturated heterocycles. The summed E-state index contributed by atoms with van der Waals surface area (Å²) in [5.41, 5.74) is 0.475. The topological polar surface area (TPSA) is 146 Å². The van der Waals surface area contributed by atoms with Gasteiger partial charge in [-0.2, -0.15) is 18.2 Å². The zero-order valence-electron chi connectivity index (χ0n) is 21.7. The maximum Gasteiger partial charge on any atom is 0.405 e. The van der Waals surface area contributed by atoms with E-state index in [-0.39, 0.29) is 18.2 Å². The highest BCUT2D eigenvalue weighted by Gasteiger charge is 2.48. The lowest BCUT2D eigenvalue weighted by molar-refractivity contribution is -0.115. The molecule has 208 valence electrons. The first-order valence-electron chi connectivity index (χ1n) is 12.3. The first-order valence-corrected chi connectivity index (χ1v) is 12.3. The lowest BCUT2D eigenvalue weighted by Gasteiger charge is -2.28. The number of pyridine rings is 1. The van der Waals surface area contributed by atoms with Crippen molar-refractivity contribution in [3.05, 3.63) is 23.5 Å². The highest BCUT2D eigenvalue weighted by Crippen LogP contribution is 2.40. The molecular weight excluding hydrogens is 507 g/mol. The van der Waals surface area contributed by atoms with Crippen LogP contribution in [0.15, 0.2) is 16.5 Å². The minimum Gasteiger partial charge on any atom is -0.478 e. The van der Waals surface area contributed by atoms with Crippen LogP contribution < -0.4 is 15.4 Å². The summed E-state index contributed by atoms with van der Waals surface area (Å²) in [5, 5.41) is 37.7. The lowest BCUT2D eigenvalue weighted by atomic mass is 9.88. The van der Waals surface area contributed by atoms with Crippen molar-refractivity contribution in [2.24, 2.45) is 5.92 Å². The minimum absolute atomic E-state index is 0.101. The van der Waals surface area contributed by atoms with Crippen molar-refractivity contribution in [2.45, 2.75) is 71.1 Å². The predicted molar refractivity (Wildman–Crippen MR) is 134 cm³/mol. The fraction of sp³-hybridized carbons (Fsp3) is 0.560. The summed E-state index contributed by atoms with van der Waals surface area (Å²) in [4.78, 5) is 12.8. The SMILES string of the molecule is CCOc1cc2cc(-c3c(C)nc(NCC(F)(F)F)nc3NC3CC(C(C)(C)O)C(O)C3O)oc2c(C)n1. The van der Waals surface area contributed by atoms with Crippen molar-refractivity contribution in [1.82, 2.24) is 15.0 Å². The van der Waals surface area contributed by atoms with Crippen molar-refractivity contribution >= 4 is 22.7 Å². The number of furan rings is 1. The summed E-state index contributed by atoms with van der Waals surface area (Å²) >= 11 is 0. The van der Waals surface area contributed by atoms with Gasteiger partial charge < -0.3 is 35.1 Å². The number of fused-ring (bicyclic) bond motifs is 1. The quantitative estimate of drug-likeness (QED) is 0.288. The van der Waals surface area contributed by atoms with Gasteiger partial charge in [-0.1, -0.05) is 0 Å². The molecule has 0 amide bonds. The molecule has 1 aliphatic rings. The average Bonchev–Trinajstić information content (AvgIpc) is 3.34. The number of hydrogen-bond acceptors (Lipinski definition) is 10. The molecule has 4 unspecified atom stereocenters. The fourth-order valence-electron chi connectivity index (χ4n) is 4.81. The first-order chi connectivity index (χ1) is 17.7. The Morgan fingerprint density at radius 2 is 1.79 bits per heavy atom. The number of aryl methyl sites for hydroxylation is 2. The standard InChI is InChI=1S/C25H32F3N5O5/c1-6-37-17-8-13-7-16(38-21(13)12(3)30-17)18-11(2)31-23(29-10-25(26,27)28)33-22(18)32-15-9-14(24(4,5)36)19(34)20(15)35/h7-8,14-15,19-20,34-36H,6,9-10H2,1-5H3,(H2,29,31,32,33). The molecule has 4 rings (SSSR count). The van der Waals surface area contributed by atoms with Gasteiger partial charge in [-0.15, -0.1) is 0 Å². The van der Waals surface area contributed by atoms with Gasteiger partial charge in [0, 0.05) is 17.4 Å². The van der Waals surface area contributed by atoms with Crippen LogP contribution in [-0.2, 0) is 0 Å². The van der Waals surface area contributed by atoms with Crippen LogP contribution in [0.2, 0.25) is 0 Å². The van der Waals surface area contributed by atoms with Gasteiger partial charge in [-0.25, -0.2) is 9.97 Å². The summed E-state index contributed by atoms with van der Waals surface area (Å²) in [7, 11) is 0. The van der Waals surface area contributed by atoms with Crippen molar-refractivity contribution < 1.29 is 37.6 Å². The molecule has 5 N–H and O–H groups in total. The Balaban J connectivity index is 1.78. The van der Waals surface area contributed by atoms with Gasteiger partial charge in [0.05, 0.1) is 41.3 Å².